The van der Waals surface area contributed by atoms with Crippen LogP contribution < -0.4 is 0 Å². The summed E-state index contributed by atoms with van der Waals surface area (Å²) in [7, 11) is 0. The Morgan fingerprint density at radius 1 is 1.14 bits per heavy atom. The summed E-state index contributed by atoms with van der Waals surface area (Å²) in [5, 5.41) is 9.90. The summed E-state index contributed by atoms with van der Waals surface area (Å²) in [6, 6.07) is 12.8. The first-order valence-electron chi connectivity index (χ1n) is 6.55. The number of hydrogen-bond acceptors (Lipinski definition) is 2. The van der Waals surface area contributed by atoms with Gasteiger partial charge in [0.25, 0.3) is 0 Å². The maximum atomic E-state index is 11.0. The molecule has 0 saturated heterocycles. The number of fused-ring (bicyclic) bond motifs is 1. The van der Waals surface area contributed by atoms with E-state index in [2.05, 4.69) is 4.98 Å². The third kappa shape index (κ3) is 2.56. The molecule has 3 rings (SSSR count). The number of hydrogen-bond donors (Lipinski definition) is 2. The second-order valence-corrected chi connectivity index (χ2v) is 4.92. The first-order chi connectivity index (χ1) is 10.2. The lowest BCUT2D eigenvalue weighted by Crippen LogP contribution is -1.97. The number of H-pyrrole nitrogens is 1. The molecule has 0 radical (unpaired) electrons. The second kappa shape index (κ2) is 5.25. The molecule has 0 amide bonds. The second-order valence-electron chi connectivity index (χ2n) is 4.92. The third-order valence-corrected chi connectivity index (χ3v) is 3.49. The number of aromatic amines is 1. The molecule has 0 aliphatic carbocycles. The Bertz CT molecular complexity index is 833. The van der Waals surface area contributed by atoms with E-state index in [1.54, 1.807) is 24.4 Å². The van der Waals surface area contributed by atoms with Crippen LogP contribution in [-0.4, -0.2) is 22.3 Å². The number of aromatic nitrogens is 1. The van der Waals surface area contributed by atoms with Crippen molar-refractivity contribution < 1.29 is 14.7 Å². The van der Waals surface area contributed by atoms with Gasteiger partial charge in [0.1, 0.15) is 0 Å². The molecule has 0 saturated carbocycles. The van der Waals surface area contributed by atoms with E-state index in [9.17, 15) is 9.59 Å². The van der Waals surface area contributed by atoms with Gasteiger partial charge >= 0.3 is 5.97 Å². The number of carboxylic acids is 1. The average Bonchev–Trinajstić information content (AvgIpc) is 2.89. The first-order valence-corrected chi connectivity index (χ1v) is 6.55. The van der Waals surface area contributed by atoms with Crippen molar-refractivity contribution >= 4 is 23.2 Å². The Morgan fingerprint density at radius 2 is 1.95 bits per heavy atom. The quantitative estimate of drug-likeness (QED) is 0.720. The van der Waals surface area contributed by atoms with E-state index >= 15 is 0 Å². The SMILES string of the molecule is O=Cc1c[nH]c2cc(Cc3cccc(C(=O)O)c3)ccc12. The maximum absolute atomic E-state index is 11.0. The Labute approximate surface area is 121 Å². The Morgan fingerprint density at radius 3 is 2.71 bits per heavy atom. The fraction of sp³-hybridized carbons (Fsp3) is 0.0588. The van der Waals surface area contributed by atoms with Crippen LogP contribution in [0, 0.1) is 0 Å². The molecule has 0 spiro atoms. The van der Waals surface area contributed by atoms with Crippen LogP contribution in [0.25, 0.3) is 10.9 Å². The Kier molecular flexibility index (Phi) is 3.28. The number of carboxylic acid groups (broad SMARTS) is 1. The van der Waals surface area contributed by atoms with E-state index in [-0.39, 0.29) is 5.56 Å². The van der Waals surface area contributed by atoms with Crippen molar-refractivity contribution in [2.24, 2.45) is 0 Å². The van der Waals surface area contributed by atoms with Gasteiger partial charge in [-0.2, -0.15) is 0 Å². The van der Waals surface area contributed by atoms with E-state index in [0.717, 1.165) is 28.3 Å². The van der Waals surface area contributed by atoms with Gasteiger partial charge in [-0.3, -0.25) is 4.79 Å². The molecular weight excluding hydrogens is 266 g/mol. The molecule has 21 heavy (non-hydrogen) atoms. The summed E-state index contributed by atoms with van der Waals surface area (Å²) in [4.78, 5) is 24.9. The fourth-order valence-corrected chi connectivity index (χ4v) is 2.45. The molecule has 2 N–H and O–H groups in total. The van der Waals surface area contributed by atoms with E-state index in [0.29, 0.717) is 12.0 Å². The standard InChI is InChI=1S/C17H13NO3/c19-10-14-9-18-16-8-12(4-5-15(14)16)6-11-2-1-3-13(7-11)17(20)21/h1-5,7-10,18H,6H2,(H,20,21). The van der Waals surface area contributed by atoms with Crippen LogP contribution in [0.3, 0.4) is 0 Å². The zero-order valence-electron chi connectivity index (χ0n) is 11.2. The Balaban J connectivity index is 1.92. The van der Waals surface area contributed by atoms with Crippen molar-refractivity contribution in [3.05, 3.63) is 70.9 Å². The van der Waals surface area contributed by atoms with Crippen molar-refractivity contribution in [3.63, 3.8) is 0 Å². The molecule has 4 nitrogen and oxygen atoms in total. The van der Waals surface area contributed by atoms with Crippen molar-refractivity contribution in [1.82, 2.24) is 4.98 Å². The smallest absolute Gasteiger partial charge is 0.335 e. The highest BCUT2D eigenvalue weighted by molar-refractivity contribution is 5.97. The number of carbonyl (C=O) groups excluding carboxylic acids is 1. The van der Waals surface area contributed by atoms with Crippen molar-refractivity contribution in [3.8, 4) is 0 Å². The van der Waals surface area contributed by atoms with Gasteiger partial charge in [-0.1, -0.05) is 24.3 Å². The monoisotopic (exact) mass is 279 g/mol. The first kappa shape index (κ1) is 13.1. The number of carbonyl (C=O) groups is 2. The highest BCUT2D eigenvalue weighted by Gasteiger charge is 2.06. The van der Waals surface area contributed by atoms with Gasteiger partial charge < -0.3 is 10.1 Å². The van der Waals surface area contributed by atoms with Crippen LogP contribution in [0.5, 0.6) is 0 Å². The molecule has 4 heteroatoms. The molecule has 1 aromatic heterocycles. The Hall–Kier alpha value is -2.88. The molecule has 3 aromatic rings. The molecule has 0 unspecified atom stereocenters. The lowest BCUT2D eigenvalue weighted by atomic mass is 10.0. The van der Waals surface area contributed by atoms with Crippen LogP contribution in [0.1, 0.15) is 31.8 Å². The minimum Gasteiger partial charge on any atom is -0.478 e. The van der Waals surface area contributed by atoms with Crippen LogP contribution >= 0.6 is 0 Å². The fourth-order valence-electron chi connectivity index (χ4n) is 2.45. The molecule has 1 heterocycles. The van der Waals surface area contributed by atoms with Crippen LogP contribution in [0.15, 0.2) is 48.7 Å². The minimum atomic E-state index is -0.924. The lowest BCUT2D eigenvalue weighted by Gasteiger charge is -2.04. The highest BCUT2D eigenvalue weighted by Crippen LogP contribution is 2.20. The number of rotatable bonds is 4. The summed E-state index contributed by atoms with van der Waals surface area (Å²) < 4.78 is 0. The third-order valence-electron chi connectivity index (χ3n) is 3.49. The molecule has 0 aliphatic rings. The van der Waals surface area contributed by atoms with Gasteiger partial charge in [0.15, 0.2) is 6.29 Å². The van der Waals surface area contributed by atoms with Crippen molar-refractivity contribution in [2.45, 2.75) is 6.42 Å². The van der Waals surface area contributed by atoms with Crippen LogP contribution in [0.4, 0.5) is 0 Å². The van der Waals surface area contributed by atoms with Gasteiger partial charge in [0, 0.05) is 22.7 Å². The highest BCUT2D eigenvalue weighted by atomic mass is 16.4. The average molecular weight is 279 g/mol. The molecule has 0 aliphatic heterocycles. The molecule has 0 atom stereocenters. The summed E-state index contributed by atoms with van der Waals surface area (Å²) in [5.41, 5.74) is 3.84. The predicted molar refractivity (Wildman–Crippen MR) is 79.9 cm³/mol. The summed E-state index contributed by atoms with van der Waals surface area (Å²) in [5.74, 6) is -0.924. The van der Waals surface area contributed by atoms with Gasteiger partial charge in [0.05, 0.1) is 5.56 Å². The van der Waals surface area contributed by atoms with Gasteiger partial charge in [-0.05, 0) is 35.7 Å². The van der Waals surface area contributed by atoms with Crippen molar-refractivity contribution in [2.75, 3.05) is 0 Å². The predicted octanol–water partition coefficient (Wildman–Crippen LogP) is 3.27. The van der Waals surface area contributed by atoms with Gasteiger partial charge in [0.2, 0.25) is 0 Å². The minimum absolute atomic E-state index is 0.289. The largest absolute Gasteiger partial charge is 0.478 e. The zero-order chi connectivity index (χ0) is 14.8. The summed E-state index contributed by atoms with van der Waals surface area (Å²) in [6.07, 6.45) is 3.16. The topological polar surface area (TPSA) is 70.2 Å². The van der Waals surface area contributed by atoms with E-state index in [1.807, 2.05) is 24.3 Å². The normalized spacial score (nSPS) is 10.7. The molecule has 0 fully saturated rings. The van der Waals surface area contributed by atoms with Crippen molar-refractivity contribution in [1.29, 1.82) is 0 Å². The number of nitrogens with one attached hydrogen (secondary N) is 1. The van der Waals surface area contributed by atoms with E-state index in [4.69, 9.17) is 5.11 Å². The van der Waals surface area contributed by atoms with Crippen LogP contribution in [-0.2, 0) is 6.42 Å². The maximum Gasteiger partial charge on any atom is 0.335 e. The molecule has 2 aromatic carbocycles. The molecule has 104 valence electrons. The molecule has 0 bridgehead atoms. The number of benzene rings is 2. The lowest BCUT2D eigenvalue weighted by molar-refractivity contribution is 0.0696. The summed E-state index contributed by atoms with van der Waals surface area (Å²) >= 11 is 0. The number of aromatic carboxylic acids is 1. The zero-order valence-corrected chi connectivity index (χ0v) is 11.2. The van der Waals surface area contributed by atoms with Crippen LogP contribution in [0.2, 0.25) is 0 Å². The van der Waals surface area contributed by atoms with E-state index < -0.39 is 5.97 Å². The van der Waals surface area contributed by atoms with Gasteiger partial charge in [-0.25, -0.2) is 4.79 Å². The summed E-state index contributed by atoms with van der Waals surface area (Å²) in [6.45, 7) is 0. The van der Waals surface area contributed by atoms with E-state index in [1.165, 1.54) is 0 Å². The number of aldehydes is 1. The van der Waals surface area contributed by atoms with Gasteiger partial charge in [-0.15, -0.1) is 0 Å². The molecular formula is C17H13NO3.